The molecule has 150 valence electrons. The van der Waals surface area contributed by atoms with Crippen molar-refractivity contribution in [1.82, 2.24) is 4.90 Å². The largest absolute Gasteiger partial charge is 0.489 e. The van der Waals surface area contributed by atoms with Crippen molar-refractivity contribution in [3.63, 3.8) is 0 Å². The van der Waals surface area contributed by atoms with Crippen molar-refractivity contribution in [3.8, 4) is 5.75 Å². The lowest BCUT2D eigenvalue weighted by atomic mass is 10.2. The van der Waals surface area contributed by atoms with Gasteiger partial charge in [-0.15, -0.1) is 0 Å². The molecule has 0 bridgehead atoms. The Labute approximate surface area is 172 Å². The van der Waals surface area contributed by atoms with E-state index in [-0.39, 0.29) is 30.5 Å². The van der Waals surface area contributed by atoms with Crippen LogP contribution in [0.5, 0.6) is 5.75 Å². The van der Waals surface area contributed by atoms with Gasteiger partial charge in [-0.25, -0.2) is 9.18 Å². The first-order valence-electron chi connectivity index (χ1n) is 8.91. The molecule has 5 nitrogen and oxygen atoms in total. The molecule has 3 aromatic rings. The fraction of sp³-hybridized carbons (Fsp3) is 0.182. The zero-order valence-corrected chi connectivity index (χ0v) is 16.7. The number of hydrogen-bond donors (Lipinski definition) is 0. The molecule has 0 fully saturated rings. The van der Waals surface area contributed by atoms with Gasteiger partial charge in [0.25, 0.3) is 5.91 Å². The summed E-state index contributed by atoms with van der Waals surface area (Å²) in [6.07, 6.45) is 0. The van der Waals surface area contributed by atoms with E-state index in [1.165, 1.54) is 17.0 Å². The Bertz CT molecular complexity index is 957. The van der Waals surface area contributed by atoms with Crippen molar-refractivity contribution in [1.29, 1.82) is 0 Å². The summed E-state index contributed by atoms with van der Waals surface area (Å²) in [7, 11) is 1.66. The summed E-state index contributed by atoms with van der Waals surface area (Å²) < 4.78 is 23.7. The zero-order valence-electron chi connectivity index (χ0n) is 15.8. The zero-order chi connectivity index (χ0) is 20.6. The number of carbonyl (C=O) groups excluding carboxylic acids is 2. The van der Waals surface area contributed by atoms with Crippen LogP contribution in [0.3, 0.4) is 0 Å². The van der Waals surface area contributed by atoms with Gasteiger partial charge in [0.15, 0.2) is 6.61 Å². The molecule has 0 spiro atoms. The van der Waals surface area contributed by atoms with Crippen LogP contribution in [-0.4, -0.2) is 30.4 Å². The van der Waals surface area contributed by atoms with Crippen molar-refractivity contribution in [3.05, 3.63) is 87.9 Å². The Morgan fingerprint density at radius 2 is 1.86 bits per heavy atom. The number of amides is 1. The predicted molar refractivity (Wildman–Crippen MR) is 108 cm³/mol. The number of nitrogens with zero attached hydrogens (tertiary/aromatic N) is 1. The highest BCUT2D eigenvalue weighted by atomic mass is 32.1. The number of likely N-dealkylation sites (N-methyl/N-ethyl adjacent to an activating group) is 1. The van der Waals surface area contributed by atoms with Crippen LogP contribution >= 0.6 is 11.3 Å². The normalized spacial score (nSPS) is 10.4. The van der Waals surface area contributed by atoms with Crippen molar-refractivity contribution >= 4 is 23.2 Å². The van der Waals surface area contributed by atoms with Gasteiger partial charge in [-0.05, 0) is 58.3 Å². The lowest BCUT2D eigenvalue weighted by molar-refractivity contribution is -0.133. The first kappa shape index (κ1) is 20.5. The molecule has 0 N–H and O–H groups in total. The molecular weight excluding hydrogens is 393 g/mol. The number of thiophene rings is 1. The summed E-state index contributed by atoms with van der Waals surface area (Å²) in [5.41, 5.74) is 2.12. The van der Waals surface area contributed by atoms with Crippen LogP contribution in [0.1, 0.15) is 21.5 Å². The predicted octanol–water partition coefficient (Wildman–Crippen LogP) is 4.28. The van der Waals surface area contributed by atoms with Crippen molar-refractivity contribution < 1.29 is 23.5 Å². The molecule has 0 saturated heterocycles. The number of hydrogen-bond acceptors (Lipinski definition) is 5. The number of halogens is 1. The Kier molecular flexibility index (Phi) is 6.97. The lowest BCUT2D eigenvalue weighted by Crippen LogP contribution is -2.30. The van der Waals surface area contributed by atoms with Crippen molar-refractivity contribution in [2.45, 2.75) is 13.2 Å². The SMILES string of the molecule is CN(Cc1ccsc1)C(=O)COC(=O)c1cccc(OCc2ccc(F)cc2)c1. The van der Waals surface area contributed by atoms with Crippen LogP contribution in [-0.2, 0) is 22.7 Å². The van der Waals surface area contributed by atoms with E-state index in [4.69, 9.17) is 9.47 Å². The number of ether oxygens (including phenoxy) is 2. The highest BCUT2D eigenvalue weighted by Gasteiger charge is 2.14. The van der Waals surface area contributed by atoms with Gasteiger partial charge in [-0.2, -0.15) is 11.3 Å². The van der Waals surface area contributed by atoms with E-state index in [1.54, 1.807) is 54.8 Å². The molecule has 1 heterocycles. The molecule has 1 amide bonds. The van der Waals surface area contributed by atoms with Crippen LogP contribution < -0.4 is 4.74 Å². The van der Waals surface area contributed by atoms with Crippen LogP contribution in [0.25, 0.3) is 0 Å². The Morgan fingerprint density at radius 1 is 1.07 bits per heavy atom. The van der Waals surface area contributed by atoms with Crippen LogP contribution in [0.4, 0.5) is 4.39 Å². The van der Waals surface area contributed by atoms with Crippen LogP contribution in [0.15, 0.2) is 65.4 Å². The minimum atomic E-state index is -0.602. The highest BCUT2D eigenvalue weighted by Crippen LogP contribution is 2.16. The summed E-state index contributed by atoms with van der Waals surface area (Å²) >= 11 is 1.56. The minimum absolute atomic E-state index is 0.241. The molecule has 0 unspecified atom stereocenters. The highest BCUT2D eigenvalue weighted by molar-refractivity contribution is 7.07. The summed E-state index contributed by atoms with van der Waals surface area (Å²) in [5.74, 6) is -0.721. The molecule has 0 atom stereocenters. The molecule has 0 aliphatic heterocycles. The van der Waals surface area contributed by atoms with Gasteiger partial charge in [-0.1, -0.05) is 18.2 Å². The Balaban J connectivity index is 1.50. The summed E-state index contributed by atoms with van der Waals surface area (Å²) in [6, 6.07) is 14.4. The third kappa shape index (κ3) is 6.15. The standard InChI is InChI=1S/C22H20FNO4S/c1-24(12-17-9-10-29-15-17)21(25)14-28-22(26)18-3-2-4-20(11-18)27-13-16-5-7-19(23)8-6-16/h2-11,15H,12-14H2,1H3. The number of rotatable bonds is 8. The van der Waals surface area contributed by atoms with E-state index in [2.05, 4.69) is 0 Å². The summed E-state index contributed by atoms with van der Waals surface area (Å²) in [6.45, 7) is 0.372. The fourth-order valence-electron chi connectivity index (χ4n) is 2.53. The second-order valence-electron chi connectivity index (χ2n) is 6.40. The molecule has 0 aliphatic carbocycles. The molecule has 3 rings (SSSR count). The van der Waals surface area contributed by atoms with Crippen LogP contribution in [0.2, 0.25) is 0 Å². The Morgan fingerprint density at radius 3 is 2.59 bits per heavy atom. The van der Waals surface area contributed by atoms with E-state index in [1.807, 2.05) is 16.8 Å². The molecular formula is C22H20FNO4S. The Hall–Kier alpha value is -3.19. The van der Waals surface area contributed by atoms with Gasteiger partial charge in [-0.3, -0.25) is 4.79 Å². The van der Waals surface area contributed by atoms with Crippen molar-refractivity contribution in [2.75, 3.05) is 13.7 Å². The number of esters is 1. The second-order valence-corrected chi connectivity index (χ2v) is 7.18. The van der Waals surface area contributed by atoms with Gasteiger partial charge in [0, 0.05) is 13.6 Å². The van der Waals surface area contributed by atoms with Gasteiger partial charge in [0.2, 0.25) is 0 Å². The topological polar surface area (TPSA) is 55.8 Å². The molecule has 0 radical (unpaired) electrons. The minimum Gasteiger partial charge on any atom is -0.489 e. The van der Waals surface area contributed by atoms with E-state index < -0.39 is 5.97 Å². The maximum Gasteiger partial charge on any atom is 0.338 e. The summed E-state index contributed by atoms with van der Waals surface area (Å²) in [5, 5.41) is 3.91. The van der Waals surface area contributed by atoms with Gasteiger partial charge in [0.05, 0.1) is 5.56 Å². The van der Waals surface area contributed by atoms with Gasteiger partial charge >= 0.3 is 5.97 Å². The van der Waals surface area contributed by atoms with E-state index >= 15 is 0 Å². The lowest BCUT2D eigenvalue weighted by Gasteiger charge is -2.16. The number of carbonyl (C=O) groups is 2. The quantitative estimate of drug-likeness (QED) is 0.517. The average molecular weight is 413 g/mol. The monoisotopic (exact) mass is 413 g/mol. The fourth-order valence-corrected chi connectivity index (χ4v) is 3.19. The molecule has 29 heavy (non-hydrogen) atoms. The third-order valence-corrected chi connectivity index (χ3v) is 4.87. The first-order chi connectivity index (χ1) is 14.0. The van der Waals surface area contributed by atoms with E-state index in [0.717, 1.165) is 11.1 Å². The third-order valence-electron chi connectivity index (χ3n) is 4.14. The smallest absolute Gasteiger partial charge is 0.338 e. The number of benzene rings is 2. The van der Waals surface area contributed by atoms with Gasteiger partial charge < -0.3 is 14.4 Å². The second kappa shape index (κ2) is 9.84. The first-order valence-corrected chi connectivity index (χ1v) is 9.85. The van der Waals surface area contributed by atoms with Gasteiger partial charge in [0.1, 0.15) is 18.2 Å². The maximum absolute atomic E-state index is 12.9. The average Bonchev–Trinajstić information content (AvgIpc) is 3.24. The molecule has 2 aromatic carbocycles. The van der Waals surface area contributed by atoms with Crippen LogP contribution in [0, 0.1) is 5.82 Å². The van der Waals surface area contributed by atoms with E-state index in [0.29, 0.717) is 12.3 Å². The molecule has 1 aromatic heterocycles. The molecule has 0 saturated carbocycles. The summed E-state index contributed by atoms with van der Waals surface area (Å²) in [4.78, 5) is 25.9. The van der Waals surface area contributed by atoms with E-state index in [9.17, 15) is 14.0 Å². The maximum atomic E-state index is 12.9. The van der Waals surface area contributed by atoms with Crippen molar-refractivity contribution in [2.24, 2.45) is 0 Å². The molecule has 7 heteroatoms. The molecule has 0 aliphatic rings.